The first-order chi connectivity index (χ1) is 14.5. The van der Waals surface area contributed by atoms with E-state index in [1.165, 1.54) is 0 Å². The van der Waals surface area contributed by atoms with E-state index >= 15 is 0 Å². The molecule has 7 heteroatoms. The van der Waals surface area contributed by atoms with Gasteiger partial charge in [0, 0.05) is 11.1 Å². The molecule has 0 bridgehead atoms. The second-order valence-electron chi connectivity index (χ2n) is 7.96. The first kappa shape index (κ1) is 20.2. The van der Waals surface area contributed by atoms with Crippen LogP contribution in [0.2, 0.25) is 0 Å². The van der Waals surface area contributed by atoms with Crippen LogP contribution in [0.1, 0.15) is 65.6 Å². The third-order valence-corrected chi connectivity index (χ3v) is 5.49. The number of ether oxygens (including phenoxy) is 1. The standard InChI is InChI=1S/C23H26N4O3/c1-15(2)7-8-20-21(28)18-5-3-4-6-19(18)22(29)23(20)30-14-16-13-27(26-25-16)17-9-11-24-12-10-17/h3-7,13,17,24H,8-12,14H2,1-2H3. The fourth-order valence-electron chi connectivity index (χ4n) is 3.82. The molecule has 0 radical (unpaired) electrons. The smallest absolute Gasteiger partial charge is 0.228 e. The fraction of sp³-hybridized carbons (Fsp3) is 0.391. The minimum absolute atomic E-state index is 0.0970. The highest BCUT2D eigenvalue weighted by Gasteiger charge is 2.33. The molecule has 1 aromatic carbocycles. The molecule has 0 atom stereocenters. The number of hydrogen-bond donors (Lipinski definition) is 1. The van der Waals surface area contributed by atoms with Crippen molar-refractivity contribution in [3.8, 4) is 0 Å². The third kappa shape index (κ3) is 4.11. The molecule has 1 fully saturated rings. The molecule has 156 valence electrons. The van der Waals surface area contributed by atoms with Crippen LogP contribution in [-0.4, -0.2) is 39.6 Å². The van der Waals surface area contributed by atoms with E-state index in [1.807, 2.05) is 30.8 Å². The van der Waals surface area contributed by atoms with Gasteiger partial charge in [-0.2, -0.15) is 0 Å². The molecule has 7 nitrogen and oxygen atoms in total. The van der Waals surface area contributed by atoms with Crippen LogP contribution in [0.5, 0.6) is 0 Å². The molecule has 2 aliphatic rings. The molecule has 1 saturated heterocycles. The van der Waals surface area contributed by atoms with Crippen LogP contribution in [0.15, 0.2) is 53.4 Å². The molecule has 1 aliphatic heterocycles. The van der Waals surface area contributed by atoms with E-state index in [0.717, 1.165) is 31.5 Å². The van der Waals surface area contributed by atoms with Crippen LogP contribution >= 0.6 is 0 Å². The molecule has 0 amide bonds. The Morgan fingerprint density at radius 2 is 1.87 bits per heavy atom. The minimum Gasteiger partial charge on any atom is -0.483 e. The number of aromatic nitrogens is 3. The molecule has 30 heavy (non-hydrogen) atoms. The molecule has 2 aromatic rings. The summed E-state index contributed by atoms with van der Waals surface area (Å²) in [5.41, 5.74) is 2.93. The molecule has 1 aliphatic carbocycles. The van der Waals surface area contributed by atoms with E-state index < -0.39 is 0 Å². The number of allylic oxidation sites excluding steroid dienone is 4. The van der Waals surface area contributed by atoms with Crippen LogP contribution in [0.3, 0.4) is 0 Å². The average molecular weight is 406 g/mol. The summed E-state index contributed by atoms with van der Waals surface area (Å²) in [7, 11) is 0. The number of piperidine rings is 1. The summed E-state index contributed by atoms with van der Waals surface area (Å²) in [6.45, 7) is 5.95. The Balaban J connectivity index is 1.57. The van der Waals surface area contributed by atoms with Gasteiger partial charge in [0.1, 0.15) is 12.3 Å². The van der Waals surface area contributed by atoms with E-state index in [2.05, 4.69) is 15.6 Å². The normalized spacial score (nSPS) is 17.1. The lowest BCUT2D eigenvalue weighted by molar-refractivity contribution is 0.0853. The summed E-state index contributed by atoms with van der Waals surface area (Å²) in [4.78, 5) is 26.1. The second-order valence-corrected chi connectivity index (χ2v) is 7.96. The SMILES string of the molecule is CC(C)=CCC1=C(OCc2cn(C3CCNCC3)nn2)C(=O)c2ccccc2C1=O. The first-order valence-electron chi connectivity index (χ1n) is 10.3. The highest BCUT2D eigenvalue weighted by Crippen LogP contribution is 2.30. The Hall–Kier alpha value is -3.06. The van der Waals surface area contributed by atoms with Crippen molar-refractivity contribution in [1.82, 2.24) is 20.3 Å². The quantitative estimate of drug-likeness (QED) is 0.740. The molecule has 0 unspecified atom stereocenters. The van der Waals surface area contributed by atoms with E-state index in [1.54, 1.807) is 24.3 Å². The van der Waals surface area contributed by atoms with Gasteiger partial charge in [-0.3, -0.25) is 9.59 Å². The van der Waals surface area contributed by atoms with Crippen molar-refractivity contribution in [3.63, 3.8) is 0 Å². The zero-order chi connectivity index (χ0) is 21.1. The summed E-state index contributed by atoms with van der Waals surface area (Å²) in [6, 6.07) is 7.22. The van der Waals surface area contributed by atoms with E-state index in [4.69, 9.17) is 4.74 Å². The van der Waals surface area contributed by atoms with Crippen molar-refractivity contribution < 1.29 is 14.3 Å². The zero-order valence-electron chi connectivity index (χ0n) is 17.4. The van der Waals surface area contributed by atoms with E-state index in [0.29, 0.717) is 34.9 Å². The third-order valence-electron chi connectivity index (χ3n) is 5.49. The molecule has 4 rings (SSSR count). The van der Waals surface area contributed by atoms with Gasteiger partial charge in [-0.1, -0.05) is 41.1 Å². The number of benzene rings is 1. The largest absolute Gasteiger partial charge is 0.483 e. The topological polar surface area (TPSA) is 86.1 Å². The number of fused-ring (bicyclic) bond motifs is 1. The van der Waals surface area contributed by atoms with Gasteiger partial charge < -0.3 is 10.1 Å². The number of carbonyl (C=O) groups is 2. The van der Waals surface area contributed by atoms with Crippen LogP contribution in [0.25, 0.3) is 0 Å². The van der Waals surface area contributed by atoms with Gasteiger partial charge in [0.15, 0.2) is 11.5 Å². The number of ketones is 2. The summed E-state index contributed by atoms with van der Waals surface area (Å²) in [5.74, 6) is -0.295. The van der Waals surface area contributed by atoms with E-state index in [-0.39, 0.29) is 23.9 Å². The maximum atomic E-state index is 13.1. The monoisotopic (exact) mass is 406 g/mol. The highest BCUT2D eigenvalue weighted by atomic mass is 16.5. The van der Waals surface area contributed by atoms with Gasteiger partial charge in [-0.25, -0.2) is 4.68 Å². The predicted octanol–water partition coefficient (Wildman–Crippen LogP) is 3.41. The first-order valence-corrected chi connectivity index (χ1v) is 10.3. The Labute approximate surface area is 175 Å². The number of nitrogens with zero attached hydrogens (tertiary/aromatic N) is 3. The Bertz CT molecular complexity index is 1020. The molecule has 1 aromatic heterocycles. The second kappa shape index (κ2) is 8.75. The number of hydrogen-bond acceptors (Lipinski definition) is 6. The van der Waals surface area contributed by atoms with Crippen molar-refractivity contribution in [2.75, 3.05) is 13.1 Å². The number of Topliss-reactive ketones (excluding diaryl/α,β-unsaturated/α-hetero) is 2. The number of rotatable bonds is 6. The van der Waals surface area contributed by atoms with Gasteiger partial charge in [0.05, 0.1) is 17.8 Å². The summed E-state index contributed by atoms with van der Waals surface area (Å²) >= 11 is 0. The van der Waals surface area contributed by atoms with Crippen molar-refractivity contribution in [3.05, 3.63) is 70.3 Å². The number of carbonyl (C=O) groups excluding carboxylic acids is 2. The van der Waals surface area contributed by atoms with E-state index in [9.17, 15) is 9.59 Å². The lowest BCUT2D eigenvalue weighted by atomic mass is 9.86. The van der Waals surface area contributed by atoms with Crippen LogP contribution in [0, 0.1) is 0 Å². The minimum atomic E-state index is -0.256. The predicted molar refractivity (Wildman–Crippen MR) is 112 cm³/mol. The van der Waals surface area contributed by atoms with Gasteiger partial charge in [0.25, 0.3) is 0 Å². The molecular weight excluding hydrogens is 380 g/mol. The van der Waals surface area contributed by atoms with Crippen molar-refractivity contribution in [2.24, 2.45) is 0 Å². The molecule has 2 heterocycles. The van der Waals surface area contributed by atoms with Crippen molar-refractivity contribution >= 4 is 11.6 Å². The van der Waals surface area contributed by atoms with Crippen LogP contribution < -0.4 is 5.32 Å². The zero-order valence-corrected chi connectivity index (χ0v) is 17.4. The molecular formula is C23H26N4O3. The lowest BCUT2D eigenvalue weighted by Gasteiger charge is -2.22. The Kier molecular flexibility index (Phi) is 5.90. The van der Waals surface area contributed by atoms with Crippen molar-refractivity contribution in [2.45, 2.75) is 45.8 Å². The molecule has 1 N–H and O–H groups in total. The lowest BCUT2D eigenvalue weighted by Crippen LogP contribution is -2.29. The fourth-order valence-corrected chi connectivity index (χ4v) is 3.82. The Morgan fingerprint density at radius 3 is 2.57 bits per heavy atom. The summed E-state index contributed by atoms with van der Waals surface area (Å²) in [6.07, 6.45) is 6.18. The van der Waals surface area contributed by atoms with Gasteiger partial charge in [0.2, 0.25) is 5.78 Å². The highest BCUT2D eigenvalue weighted by molar-refractivity contribution is 6.26. The average Bonchev–Trinajstić information content (AvgIpc) is 3.24. The van der Waals surface area contributed by atoms with Gasteiger partial charge in [-0.15, -0.1) is 5.10 Å². The maximum Gasteiger partial charge on any atom is 0.228 e. The maximum absolute atomic E-state index is 13.1. The summed E-state index contributed by atoms with van der Waals surface area (Å²) in [5, 5.41) is 11.8. The molecule has 0 saturated carbocycles. The Morgan fingerprint density at radius 1 is 1.17 bits per heavy atom. The van der Waals surface area contributed by atoms with Gasteiger partial charge in [-0.05, 0) is 46.2 Å². The van der Waals surface area contributed by atoms with Gasteiger partial charge >= 0.3 is 0 Å². The van der Waals surface area contributed by atoms with Crippen LogP contribution in [-0.2, 0) is 11.3 Å². The molecule has 0 spiro atoms. The van der Waals surface area contributed by atoms with Crippen molar-refractivity contribution in [1.29, 1.82) is 0 Å². The summed E-state index contributed by atoms with van der Waals surface area (Å²) < 4.78 is 7.78. The van der Waals surface area contributed by atoms with Crippen LogP contribution in [0.4, 0.5) is 0 Å². The number of nitrogens with one attached hydrogen (secondary N) is 1.